The minimum absolute atomic E-state index is 0.00524. The highest BCUT2D eigenvalue weighted by Crippen LogP contribution is 2.27. The Morgan fingerprint density at radius 1 is 1.19 bits per heavy atom. The van der Waals surface area contributed by atoms with Crippen LogP contribution in [0, 0.1) is 0 Å². The molecule has 1 aromatic rings. The quantitative estimate of drug-likeness (QED) is 0.914. The number of benzene rings is 1. The largest absolute Gasteiger partial charge is 0.478 e. The van der Waals surface area contributed by atoms with Gasteiger partial charge >= 0.3 is 5.97 Å². The Morgan fingerprint density at radius 2 is 1.81 bits per heavy atom. The molecule has 0 spiro atoms. The second kappa shape index (κ2) is 6.03. The third-order valence-electron chi connectivity index (χ3n) is 3.67. The molecule has 0 radical (unpaired) electrons. The van der Waals surface area contributed by atoms with Crippen LogP contribution in [0.5, 0.6) is 0 Å². The molecule has 116 valence electrons. The summed E-state index contributed by atoms with van der Waals surface area (Å²) in [5.41, 5.74) is 0.639. The second-order valence-corrected chi connectivity index (χ2v) is 7.47. The predicted molar refractivity (Wildman–Crippen MR) is 80.3 cm³/mol. The monoisotopic (exact) mass is 312 g/mol. The van der Waals surface area contributed by atoms with E-state index in [-0.39, 0.29) is 10.5 Å². The van der Waals surface area contributed by atoms with Crippen molar-refractivity contribution in [3.8, 4) is 0 Å². The van der Waals surface area contributed by atoms with Crippen molar-refractivity contribution in [1.82, 2.24) is 4.31 Å². The number of sulfonamides is 1. The molecule has 1 fully saturated rings. The van der Waals surface area contributed by atoms with Gasteiger partial charge in [0, 0.05) is 27.2 Å². The zero-order chi connectivity index (χ0) is 15.6. The van der Waals surface area contributed by atoms with Crippen LogP contribution in [-0.4, -0.2) is 51.0 Å². The Balaban J connectivity index is 2.47. The highest BCUT2D eigenvalue weighted by atomic mass is 32.2. The lowest BCUT2D eigenvalue weighted by molar-refractivity contribution is 0.0697. The fourth-order valence-corrected chi connectivity index (χ4v) is 3.40. The topological polar surface area (TPSA) is 77.9 Å². The Morgan fingerprint density at radius 3 is 2.33 bits per heavy atom. The number of aromatic carboxylic acids is 1. The molecular formula is C14H20N2O4S. The van der Waals surface area contributed by atoms with Crippen molar-refractivity contribution in [3.05, 3.63) is 23.8 Å². The van der Waals surface area contributed by atoms with Crippen LogP contribution in [0.1, 0.15) is 29.6 Å². The van der Waals surface area contributed by atoms with Crippen LogP contribution in [0.25, 0.3) is 0 Å². The molecule has 0 aromatic heterocycles. The van der Waals surface area contributed by atoms with Gasteiger partial charge in [-0.2, -0.15) is 0 Å². The molecular weight excluding hydrogens is 292 g/mol. The van der Waals surface area contributed by atoms with Crippen molar-refractivity contribution in [2.45, 2.75) is 24.2 Å². The molecule has 0 unspecified atom stereocenters. The third kappa shape index (κ3) is 3.19. The molecule has 0 atom stereocenters. The number of carboxylic acids is 1. The maximum Gasteiger partial charge on any atom is 0.337 e. The summed E-state index contributed by atoms with van der Waals surface area (Å²) in [5.74, 6) is -1.11. The Bertz CT molecular complexity index is 634. The van der Waals surface area contributed by atoms with Crippen molar-refractivity contribution in [3.63, 3.8) is 0 Å². The van der Waals surface area contributed by atoms with Gasteiger partial charge in [-0.05, 0) is 37.5 Å². The van der Waals surface area contributed by atoms with Gasteiger partial charge in [0.25, 0.3) is 0 Å². The zero-order valence-corrected chi connectivity index (χ0v) is 13.1. The molecule has 7 heteroatoms. The number of nitrogens with zero attached hydrogens (tertiary/aromatic N) is 2. The highest BCUT2D eigenvalue weighted by Gasteiger charge is 2.23. The summed E-state index contributed by atoms with van der Waals surface area (Å²) >= 11 is 0. The van der Waals surface area contributed by atoms with Gasteiger partial charge in [0.1, 0.15) is 0 Å². The number of carboxylic acid groups (broad SMARTS) is 1. The van der Waals surface area contributed by atoms with Crippen LogP contribution in [-0.2, 0) is 10.0 Å². The van der Waals surface area contributed by atoms with Gasteiger partial charge in [-0.3, -0.25) is 0 Å². The van der Waals surface area contributed by atoms with Crippen LogP contribution in [0.2, 0.25) is 0 Å². The summed E-state index contributed by atoms with van der Waals surface area (Å²) < 4.78 is 25.3. The fraction of sp³-hybridized carbons (Fsp3) is 0.500. The number of hydrogen-bond donors (Lipinski definition) is 1. The van der Waals surface area contributed by atoms with Gasteiger partial charge in [0.05, 0.1) is 16.1 Å². The average molecular weight is 312 g/mol. The molecule has 0 amide bonds. The molecule has 1 aliphatic rings. The molecule has 1 aromatic carbocycles. The minimum atomic E-state index is -3.63. The SMILES string of the molecule is CN(C)S(=O)(=O)c1ccc(N2CCCCC2)c(C(=O)O)c1. The summed E-state index contributed by atoms with van der Waals surface area (Å²) in [4.78, 5) is 13.5. The molecule has 21 heavy (non-hydrogen) atoms. The molecule has 1 aliphatic heterocycles. The van der Waals surface area contributed by atoms with Crippen LogP contribution < -0.4 is 4.90 Å². The molecule has 0 bridgehead atoms. The van der Waals surface area contributed by atoms with E-state index in [0.717, 1.165) is 36.7 Å². The summed E-state index contributed by atoms with van der Waals surface area (Å²) in [6.07, 6.45) is 3.19. The van der Waals surface area contributed by atoms with Crippen LogP contribution in [0.15, 0.2) is 23.1 Å². The molecule has 0 saturated carbocycles. The lowest BCUT2D eigenvalue weighted by atomic mass is 10.1. The molecule has 1 saturated heterocycles. The fourth-order valence-electron chi connectivity index (χ4n) is 2.47. The summed E-state index contributed by atoms with van der Waals surface area (Å²) in [6.45, 7) is 1.61. The van der Waals surface area contributed by atoms with E-state index < -0.39 is 16.0 Å². The lowest BCUT2D eigenvalue weighted by Crippen LogP contribution is -2.31. The number of rotatable bonds is 4. The Kier molecular flexibility index (Phi) is 4.53. The van der Waals surface area contributed by atoms with Gasteiger partial charge in [-0.1, -0.05) is 0 Å². The second-order valence-electron chi connectivity index (χ2n) is 5.32. The Hall–Kier alpha value is -1.60. The van der Waals surface area contributed by atoms with E-state index in [1.54, 1.807) is 6.07 Å². The van der Waals surface area contributed by atoms with E-state index in [0.29, 0.717) is 5.69 Å². The molecule has 0 aliphatic carbocycles. The van der Waals surface area contributed by atoms with E-state index in [1.807, 2.05) is 4.90 Å². The first-order valence-corrected chi connectivity index (χ1v) is 8.33. The predicted octanol–water partition coefficient (Wildman–Crippen LogP) is 1.63. The maximum absolute atomic E-state index is 12.1. The van der Waals surface area contributed by atoms with E-state index in [1.165, 1.54) is 26.2 Å². The number of carbonyl (C=O) groups is 1. The van der Waals surface area contributed by atoms with Crippen molar-refractivity contribution in [2.75, 3.05) is 32.1 Å². The van der Waals surface area contributed by atoms with Crippen LogP contribution in [0.4, 0.5) is 5.69 Å². The van der Waals surface area contributed by atoms with E-state index >= 15 is 0 Å². The highest BCUT2D eigenvalue weighted by molar-refractivity contribution is 7.89. The summed E-state index contributed by atoms with van der Waals surface area (Å²) in [5, 5.41) is 9.39. The Labute approximate surface area is 125 Å². The first-order chi connectivity index (χ1) is 9.84. The third-order valence-corrected chi connectivity index (χ3v) is 5.48. The molecule has 2 rings (SSSR count). The molecule has 1 N–H and O–H groups in total. The molecule has 1 heterocycles. The minimum Gasteiger partial charge on any atom is -0.478 e. The van der Waals surface area contributed by atoms with Crippen molar-refractivity contribution < 1.29 is 18.3 Å². The lowest BCUT2D eigenvalue weighted by Gasteiger charge is -2.30. The van der Waals surface area contributed by atoms with E-state index in [9.17, 15) is 18.3 Å². The zero-order valence-electron chi connectivity index (χ0n) is 12.2. The molecule has 6 nitrogen and oxygen atoms in total. The van der Waals surface area contributed by atoms with Crippen molar-refractivity contribution in [2.24, 2.45) is 0 Å². The van der Waals surface area contributed by atoms with Gasteiger partial charge in [0.2, 0.25) is 10.0 Å². The normalized spacial score (nSPS) is 16.2. The number of hydrogen-bond acceptors (Lipinski definition) is 4. The summed E-state index contributed by atoms with van der Waals surface area (Å²) in [6, 6.07) is 4.33. The standard InChI is InChI=1S/C14H20N2O4S/c1-15(2)21(19,20)11-6-7-13(12(10-11)14(17)18)16-8-4-3-5-9-16/h6-7,10H,3-5,8-9H2,1-2H3,(H,17,18). The smallest absolute Gasteiger partial charge is 0.337 e. The van der Waals surface area contributed by atoms with Crippen LogP contribution >= 0.6 is 0 Å². The number of piperidine rings is 1. The van der Waals surface area contributed by atoms with Gasteiger partial charge in [-0.25, -0.2) is 17.5 Å². The maximum atomic E-state index is 12.1. The first kappa shape index (κ1) is 15.8. The van der Waals surface area contributed by atoms with Crippen molar-refractivity contribution in [1.29, 1.82) is 0 Å². The van der Waals surface area contributed by atoms with Crippen LogP contribution in [0.3, 0.4) is 0 Å². The van der Waals surface area contributed by atoms with E-state index in [4.69, 9.17) is 0 Å². The summed E-state index contributed by atoms with van der Waals surface area (Å²) in [7, 11) is -0.779. The van der Waals surface area contributed by atoms with Crippen molar-refractivity contribution >= 4 is 21.7 Å². The van der Waals surface area contributed by atoms with Gasteiger partial charge in [-0.15, -0.1) is 0 Å². The van der Waals surface area contributed by atoms with E-state index in [2.05, 4.69) is 0 Å². The van der Waals surface area contributed by atoms with Gasteiger partial charge < -0.3 is 10.0 Å². The average Bonchev–Trinajstić information content (AvgIpc) is 2.47. The van der Waals surface area contributed by atoms with Gasteiger partial charge in [0.15, 0.2) is 0 Å². The number of anilines is 1. The first-order valence-electron chi connectivity index (χ1n) is 6.89.